The first-order valence-electron chi connectivity index (χ1n) is 6.18. The van der Waals surface area contributed by atoms with Gasteiger partial charge >= 0.3 is 0 Å². The summed E-state index contributed by atoms with van der Waals surface area (Å²) in [5.41, 5.74) is 0.580. The van der Waals surface area contributed by atoms with Gasteiger partial charge in [-0.25, -0.2) is 0 Å². The smallest absolute Gasteiger partial charge is 0.142 e. The van der Waals surface area contributed by atoms with E-state index in [1.165, 1.54) is 6.21 Å². The summed E-state index contributed by atoms with van der Waals surface area (Å²) in [7, 11) is 0. The maximum atomic E-state index is 8.68. The normalized spacial score (nSPS) is 10.8. The predicted octanol–water partition coefficient (Wildman–Crippen LogP) is 4.37. The van der Waals surface area contributed by atoms with E-state index < -0.39 is 0 Å². The van der Waals surface area contributed by atoms with E-state index >= 15 is 0 Å². The van der Waals surface area contributed by atoms with Gasteiger partial charge in [0.15, 0.2) is 0 Å². The van der Waals surface area contributed by atoms with Crippen LogP contribution in [-0.2, 0) is 0 Å². The van der Waals surface area contributed by atoms with Crippen LogP contribution in [0.2, 0.25) is 5.02 Å². The highest BCUT2D eigenvalue weighted by atomic mass is 79.9. The number of benzene rings is 2. The molecule has 2 aromatic rings. The molecule has 0 aliphatic carbocycles. The molecular formula is C15H13BrClNO3. The minimum absolute atomic E-state index is 0.349. The van der Waals surface area contributed by atoms with E-state index in [4.69, 9.17) is 26.3 Å². The zero-order chi connectivity index (χ0) is 15.1. The second kappa shape index (κ2) is 7.90. The van der Waals surface area contributed by atoms with E-state index in [0.717, 1.165) is 5.75 Å². The van der Waals surface area contributed by atoms with Crippen molar-refractivity contribution < 1.29 is 14.7 Å². The molecular weight excluding hydrogens is 358 g/mol. The van der Waals surface area contributed by atoms with Crippen LogP contribution in [0.5, 0.6) is 11.5 Å². The average molecular weight is 371 g/mol. The van der Waals surface area contributed by atoms with Crippen LogP contribution < -0.4 is 9.47 Å². The molecule has 0 aliphatic heterocycles. The zero-order valence-electron chi connectivity index (χ0n) is 11.0. The van der Waals surface area contributed by atoms with Crippen LogP contribution in [0.25, 0.3) is 0 Å². The van der Waals surface area contributed by atoms with E-state index in [2.05, 4.69) is 21.1 Å². The molecule has 2 aromatic carbocycles. The van der Waals surface area contributed by atoms with Gasteiger partial charge in [-0.3, -0.25) is 0 Å². The summed E-state index contributed by atoms with van der Waals surface area (Å²) in [6, 6.07) is 12.9. The average Bonchev–Trinajstić information content (AvgIpc) is 2.47. The Labute approximate surface area is 136 Å². The number of nitrogens with zero attached hydrogens (tertiary/aromatic N) is 1. The van der Waals surface area contributed by atoms with Crippen molar-refractivity contribution in [2.75, 3.05) is 13.2 Å². The molecule has 0 aromatic heterocycles. The molecule has 0 atom stereocenters. The molecule has 0 radical (unpaired) electrons. The van der Waals surface area contributed by atoms with Gasteiger partial charge in [-0.15, -0.1) is 0 Å². The van der Waals surface area contributed by atoms with E-state index in [1.54, 1.807) is 12.1 Å². The lowest BCUT2D eigenvalue weighted by Gasteiger charge is -2.12. The third-order valence-electron chi connectivity index (χ3n) is 2.58. The Hall–Kier alpha value is -1.72. The lowest BCUT2D eigenvalue weighted by atomic mass is 10.2. The van der Waals surface area contributed by atoms with Crippen LogP contribution in [0, 0.1) is 0 Å². The van der Waals surface area contributed by atoms with Gasteiger partial charge in [0.05, 0.1) is 10.7 Å². The van der Waals surface area contributed by atoms with Crippen molar-refractivity contribution in [3.63, 3.8) is 0 Å². The molecule has 0 amide bonds. The van der Waals surface area contributed by atoms with Crippen molar-refractivity contribution in [1.82, 2.24) is 0 Å². The van der Waals surface area contributed by atoms with Crippen molar-refractivity contribution in [2.45, 2.75) is 0 Å². The number of hydrogen-bond donors (Lipinski definition) is 1. The number of ether oxygens (including phenoxy) is 2. The first-order valence-corrected chi connectivity index (χ1v) is 7.35. The third kappa shape index (κ3) is 4.65. The van der Waals surface area contributed by atoms with E-state index in [9.17, 15) is 0 Å². The molecule has 21 heavy (non-hydrogen) atoms. The lowest BCUT2D eigenvalue weighted by Crippen LogP contribution is -2.10. The van der Waals surface area contributed by atoms with Gasteiger partial charge in [-0.05, 0) is 40.2 Å². The van der Waals surface area contributed by atoms with Crippen LogP contribution >= 0.6 is 27.5 Å². The topological polar surface area (TPSA) is 51.1 Å². The minimum Gasteiger partial charge on any atom is -0.490 e. The SMILES string of the molecule is ON=Cc1cc(Cl)cc(Br)c1OCCOc1ccccc1. The van der Waals surface area contributed by atoms with Crippen LogP contribution in [0.4, 0.5) is 0 Å². The number of oxime groups is 1. The quantitative estimate of drug-likeness (QED) is 0.355. The van der Waals surface area contributed by atoms with Crippen molar-refractivity contribution in [3.8, 4) is 11.5 Å². The van der Waals surface area contributed by atoms with E-state index in [1.807, 2.05) is 30.3 Å². The molecule has 0 unspecified atom stereocenters. The van der Waals surface area contributed by atoms with Gasteiger partial charge in [-0.2, -0.15) is 0 Å². The summed E-state index contributed by atoms with van der Waals surface area (Å²) in [6.07, 6.45) is 1.27. The molecule has 0 saturated heterocycles. The monoisotopic (exact) mass is 369 g/mol. The first-order chi connectivity index (χ1) is 10.2. The Bertz CT molecular complexity index is 620. The molecule has 0 aliphatic rings. The number of halogens is 2. The third-order valence-corrected chi connectivity index (χ3v) is 3.38. The fourth-order valence-electron chi connectivity index (χ4n) is 1.71. The van der Waals surface area contributed by atoms with Gasteiger partial charge in [0.1, 0.15) is 24.7 Å². The summed E-state index contributed by atoms with van der Waals surface area (Å²) in [5.74, 6) is 1.34. The lowest BCUT2D eigenvalue weighted by molar-refractivity contribution is 0.216. The van der Waals surface area contributed by atoms with Crippen molar-refractivity contribution in [2.24, 2.45) is 5.16 Å². The maximum Gasteiger partial charge on any atom is 0.142 e. The van der Waals surface area contributed by atoms with Crippen LogP contribution in [0.1, 0.15) is 5.56 Å². The van der Waals surface area contributed by atoms with E-state index in [0.29, 0.717) is 34.0 Å². The minimum atomic E-state index is 0.349. The van der Waals surface area contributed by atoms with Crippen LogP contribution in [-0.4, -0.2) is 24.6 Å². The molecule has 0 bridgehead atoms. The number of hydrogen-bond acceptors (Lipinski definition) is 4. The van der Waals surface area contributed by atoms with Gasteiger partial charge in [0.2, 0.25) is 0 Å². The molecule has 2 rings (SSSR count). The molecule has 6 heteroatoms. The summed E-state index contributed by atoms with van der Waals surface area (Å²) in [5, 5.41) is 12.2. The van der Waals surface area contributed by atoms with Gasteiger partial charge in [0, 0.05) is 10.6 Å². The molecule has 0 spiro atoms. The standard InChI is InChI=1S/C15H13BrClNO3/c16-14-9-12(17)8-11(10-18-19)15(14)21-7-6-20-13-4-2-1-3-5-13/h1-5,8-10,19H,6-7H2. The van der Waals surface area contributed by atoms with Crippen molar-refractivity contribution in [3.05, 3.63) is 57.5 Å². The summed E-state index contributed by atoms with van der Waals surface area (Å²) >= 11 is 9.32. The zero-order valence-corrected chi connectivity index (χ0v) is 13.3. The van der Waals surface area contributed by atoms with E-state index in [-0.39, 0.29) is 0 Å². The van der Waals surface area contributed by atoms with Crippen molar-refractivity contribution in [1.29, 1.82) is 0 Å². The number of para-hydroxylation sites is 1. The Kier molecular flexibility index (Phi) is 5.90. The molecule has 0 heterocycles. The Balaban J connectivity index is 1.96. The van der Waals surface area contributed by atoms with Gasteiger partial charge in [0.25, 0.3) is 0 Å². The highest BCUT2D eigenvalue weighted by molar-refractivity contribution is 9.10. The molecule has 0 saturated carbocycles. The second-order valence-corrected chi connectivity index (χ2v) is 5.35. The summed E-state index contributed by atoms with van der Waals surface area (Å²) < 4.78 is 11.9. The largest absolute Gasteiger partial charge is 0.490 e. The Morgan fingerprint density at radius 1 is 1.14 bits per heavy atom. The Morgan fingerprint density at radius 3 is 2.57 bits per heavy atom. The van der Waals surface area contributed by atoms with Gasteiger partial charge < -0.3 is 14.7 Å². The number of rotatable bonds is 6. The van der Waals surface area contributed by atoms with Gasteiger partial charge in [-0.1, -0.05) is 35.0 Å². The van der Waals surface area contributed by atoms with Crippen LogP contribution in [0.15, 0.2) is 52.1 Å². The molecule has 110 valence electrons. The Morgan fingerprint density at radius 2 is 1.86 bits per heavy atom. The summed E-state index contributed by atoms with van der Waals surface area (Å²) in [6.45, 7) is 0.746. The highest BCUT2D eigenvalue weighted by Crippen LogP contribution is 2.31. The summed E-state index contributed by atoms with van der Waals surface area (Å²) in [4.78, 5) is 0. The fraction of sp³-hybridized carbons (Fsp3) is 0.133. The highest BCUT2D eigenvalue weighted by Gasteiger charge is 2.09. The molecule has 4 nitrogen and oxygen atoms in total. The molecule has 0 fully saturated rings. The maximum absolute atomic E-state index is 8.68. The van der Waals surface area contributed by atoms with Crippen LogP contribution in [0.3, 0.4) is 0 Å². The van der Waals surface area contributed by atoms with Crippen molar-refractivity contribution >= 4 is 33.7 Å². The predicted molar refractivity (Wildman–Crippen MR) is 86.0 cm³/mol. The fourth-order valence-corrected chi connectivity index (χ4v) is 2.66. The molecule has 1 N–H and O–H groups in total. The first kappa shape index (κ1) is 15.7. The second-order valence-electron chi connectivity index (χ2n) is 4.06.